The molecule has 1 N–H and O–H groups in total. The summed E-state index contributed by atoms with van der Waals surface area (Å²) in [5, 5.41) is 2.89. The highest BCUT2D eigenvalue weighted by molar-refractivity contribution is 7.89. The van der Waals surface area contributed by atoms with Crippen molar-refractivity contribution >= 4 is 21.8 Å². The third-order valence-electron chi connectivity index (χ3n) is 6.10. The first-order chi connectivity index (χ1) is 15.6. The third kappa shape index (κ3) is 6.09. The Hall–Kier alpha value is -2.97. The molecule has 2 aromatic rings. The van der Waals surface area contributed by atoms with Gasteiger partial charge in [0, 0.05) is 37.8 Å². The number of nitrogens with one attached hydrogen (secondary N) is 1. The number of carbonyl (C=O) groups excluding carboxylic acids is 2. The van der Waals surface area contributed by atoms with Crippen molar-refractivity contribution in [2.75, 3.05) is 26.7 Å². The van der Waals surface area contributed by atoms with E-state index >= 15 is 0 Å². The number of hydrogen-bond acceptors (Lipinski definition) is 4. The van der Waals surface area contributed by atoms with Gasteiger partial charge in [-0.25, -0.2) is 8.42 Å². The molecule has 33 heavy (non-hydrogen) atoms. The average molecular weight is 470 g/mol. The lowest BCUT2D eigenvalue weighted by Gasteiger charge is -2.39. The molecule has 3 rings (SSSR count). The van der Waals surface area contributed by atoms with E-state index in [1.807, 2.05) is 37.3 Å². The van der Waals surface area contributed by atoms with Gasteiger partial charge >= 0.3 is 0 Å². The Morgan fingerprint density at radius 3 is 2.27 bits per heavy atom. The van der Waals surface area contributed by atoms with E-state index in [0.717, 1.165) is 12.0 Å². The molecule has 1 saturated heterocycles. The van der Waals surface area contributed by atoms with Crippen LogP contribution in [0.4, 0.5) is 0 Å². The van der Waals surface area contributed by atoms with E-state index in [1.165, 1.54) is 22.5 Å². The molecule has 0 bridgehead atoms. The van der Waals surface area contributed by atoms with Gasteiger partial charge in [-0.1, -0.05) is 36.9 Å². The van der Waals surface area contributed by atoms with Gasteiger partial charge in [0.1, 0.15) is 0 Å². The van der Waals surface area contributed by atoms with Crippen LogP contribution in [0.2, 0.25) is 0 Å². The lowest BCUT2D eigenvalue weighted by atomic mass is 9.90. The van der Waals surface area contributed by atoms with E-state index in [1.54, 1.807) is 24.1 Å². The molecule has 1 heterocycles. The highest BCUT2D eigenvalue weighted by atomic mass is 32.2. The summed E-state index contributed by atoms with van der Waals surface area (Å²) in [5.41, 5.74) is 1.14. The van der Waals surface area contributed by atoms with E-state index in [-0.39, 0.29) is 16.7 Å². The van der Waals surface area contributed by atoms with Gasteiger partial charge < -0.3 is 10.2 Å². The molecule has 1 aliphatic rings. The maximum Gasteiger partial charge on any atom is 0.253 e. The maximum absolute atomic E-state index is 13.1. The largest absolute Gasteiger partial charge is 0.347 e. The number of carbonyl (C=O) groups is 2. The summed E-state index contributed by atoms with van der Waals surface area (Å²) in [5.74, 6) is -0.413. The zero-order chi connectivity index (χ0) is 24.1. The Morgan fingerprint density at radius 1 is 1.09 bits per heavy atom. The maximum atomic E-state index is 13.1. The first-order valence-electron chi connectivity index (χ1n) is 11.0. The van der Waals surface area contributed by atoms with Gasteiger partial charge in [-0.3, -0.25) is 9.59 Å². The predicted molar refractivity (Wildman–Crippen MR) is 128 cm³/mol. The lowest BCUT2D eigenvalue weighted by Crippen LogP contribution is -2.53. The summed E-state index contributed by atoms with van der Waals surface area (Å²) in [4.78, 5) is 26.2. The van der Waals surface area contributed by atoms with Crippen molar-refractivity contribution in [3.05, 3.63) is 78.4 Å². The Bertz CT molecular complexity index is 1090. The molecule has 8 heteroatoms. The molecule has 0 spiro atoms. The number of benzene rings is 2. The van der Waals surface area contributed by atoms with Crippen LogP contribution in [-0.4, -0.2) is 61.7 Å². The Labute approximate surface area is 196 Å². The summed E-state index contributed by atoms with van der Waals surface area (Å²) in [7, 11) is -1.94. The van der Waals surface area contributed by atoms with Crippen LogP contribution in [0.3, 0.4) is 0 Å². The molecular formula is C25H31N3O4S. The smallest absolute Gasteiger partial charge is 0.253 e. The minimum atomic E-state index is -3.68. The highest BCUT2D eigenvalue weighted by Gasteiger charge is 2.36. The van der Waals surface area contributed by atoms with E-state index in [0.29, 0.717) is 38.0 Å². The van der Waals surface area contributed by atoms with Gasteiger partial charge in [-0.05, 0) is 62.1 Å². The Balaban J connectivity index is 1.61. The molecule has 1 fully saturated rings. The van der Waals surface area contributed by atoms with E-state index in [9.17, 15) is 18.0 Å². The number of rotatable bonds is 8. The Morgan fingerprint density at radius 2 is 1.70 bits per heavy atom. The van der Waals surface area contributed by atoms with Crippen molar-refractivity contribution in [2.45, 2.75) is 36.6 Å². The van der Waals surface area contributed by atoms with Gasteiger partial charge in [0.25, 0.3) is 5.91 Å². The van der Waals surface area contributed by atoms with Crippen LogP contribution >= 0.6 is 0 Å². The summed E-state index contributed by atoms with van der Waals surface area (Å²) in [6, 6.07) is 16.0. The summed E-state index contributed by atoms with van der Waals surface area (Å²) < 4.78 is 27.6. The van der Waals surface area contributed by atoms with Crippen LogP contribution < -0.4 is 5.32 Å². The van der Waals surface area contributed by atoms with Gasteiger partial charge in [0.2, 0.25) is 15.9 Å². The van der Waals surface area contributed by atoms with Crippen molar-refractivity contribution < 1.29 is 18.0 Å². The van der Waals surface area contributed by atoms with E-state index < -0.39 is 15.6 Å². The molecule has 0 radical (unpaired) electrons. The second-order valence-electron chi connectivity index (χ2n) is 8.64. The minimum Gasteiger partial charge on any atom is -0.347 e. The number of likely N-dealkylation sites (N-methyl/N-ethyl adjacent to an activating group) is 1. The normalized spacial score (nSPS) is 16.1. The molecule has 0 aromatic heterocycles. The van der Waals surface area contributed by atoms with Crippen molar-refractivity contribution in [1.29, 1.82) is 0 Å². The van der Waals surface area contributed by atoms with Crippen LogP contribution in [-0.2, 0) is 21.2 Å². The fourth-order valence-corrected chi connectivity index (χ4v) is 5.32. The van der Waals surface area contributed by atoms with Gasteiger partial charge in [0.05, 0.1) is 4.90 Å². The second kappa shape index (κ2) is 10.3. The van der Waals surface area contributed by atoms with Crippen LogP contribution in [0.15, 0.2) is 72.1 Å². The predicted octanol–water partition coefficient (Wildman–Crippen LogP) is 2.85. The molecule has 7 nitrogen and oxygen atoms in total. The number of nitrogens with zero attached hydrogens (tertiary/aromatic N) is 2. The topological polar surface area (TPSA) is 86.8 Å². The van der Waals surface area contributed by atoms with E-state index in [2.05, 4.69) is 11.9 Å². The molecule has 0 saturated carbocycles. The van der Waals surface area contributed by atoms with Crippen molar-refractivity contribution in [3.8, 4) is 0 Å². The van der Waals surface area contributed by atoms with Crippen LogP contribution in [0.25, 0.3) is 0 Å². The molecular weight excluding hydrogens is 438 g/mol. The summed E-state index contributed by atoms with van der Waals surface area (Å²) in [6.45, 7) is 6.55. The average Bonchev–Trinajstić information content (AvgIpc) is 2.82. The van der Waals surface area contributed by atoms with Gasteiger partial charge in [-0.2, -0.15) is 4.31 Å². The fraction of sp³-hybridized carbons (Fsp3) is 0.360. The van der Waals surface area contributed by atoms with Crippen LogP contribution in [0, 0.1) is 0 Å². The quantitative estimate of drug-likeness (QED) is 0.603. The minimum absolute atomic E-state index is 0.151. The number of amides is 2. The summed E-state index contributed by atoms with van der Waals surface area (Å²) >= 11 is 0. The standard InChI is InChI=1S/C25H31N3O4S/c1-4-23(29)26-25(2)15-18-28(19-16-25)33(31,32)22-12-10-21(11-13-22)24(30)27(3)17-14-20-8-6-5-7-9-20/h4-13H,1,14-19H2,2-3H3,(H,26,29). The lowest BCUT2D eigenvalue weighted by molar-refractivity contribution is -0.118. The molecule has 176 valence electrons. The molecule has 2 aromatic carbocycles. The first kappa shape index (κ1) is 24.7. The molecule has 0 aliphatic carbocycles. The monoisotopic (exact) mass is 469 g/mol. The summed E-state index contributed by atoms with van der Waals surface area (Å²) in [6.07, 6.45) is 2.98. The van der Waals surface area contributed by atoms with Gasteiger partial charge in [0.15, 0.2) is 0 Å². The van der Waals surface area contributed by atoms with Crippen LogP contribution in [0.5, 0.6) is 0 Å². The molecule has 0 atom stereocenters. The number of hydrogen-bond donors (Lipinski definition) is 1. The zero-order valence-electron chi connectivity index (χ0n) is 19.2. The SMILES string of the molecule is C=CC(=O)NC1(C)CCN(S(=O)(=O)c2ccc(C(=O)N(C)CCc3ccccc3)cc2)CC1. The van der Waals surface area contributed by atoms with Crippen molar-refractivity contribution in [3.63, 3.8) is 0 Å². The number of sulfonamides is 1. The van der Waals surface area contributed by atoms with Crippen molar-refractivity contribution in [2.24, 2.45) is 0 Å². The van der Waals surface area contributed by atoms with Crippen LogP contribution in [0.1, 0.15) is 35.7 Å². The highest BCUT2D eigenvalue weighted by Crippen LogP contribution is 2.27. The third-order valence-corrected chi connectivity index (χ3v) is 8.01. The van der Waals surface area contributed by atoms with Crippen molar-refractivity contribution in [1.82, 2.24) is 14.5 Å². The Kier molecular flexibility index (Phi) is 7.71. The zero-order valence-corrected chi connectivity index (χ0v) is 20.0. The van der Waals surface area contributed by atoms with Gasteiger partial charge in [-0.15, -0.1) is 0 Å². The molecule has 1 aliphatic heterocycles. The second-order valence-corrected chi connectivity index (χ2v) is 10.6. The first-order valence-corrected chi connectivity index (χ1v) is 12.4. The number of piperidine rings is 1. The molecule has 0 unspecified atom stereocenters. The fourth-order valence-electron chi connectivity index (χ4n) is 3.88. The molecule has 2 amide bonds. The van der Waals surface area contributed by atoms with E-state index in [4.69, 9.17) is 0 Å².